The van der Waals surface area contributed by atoms with Gasteiger partial charge in [-0.3, -0.25) is 4.79 Å². The fourth-order valence-corrected chi connectivity index (χ4v) is 3.59. The fraction of sp³-hybridized carbons (Fsp3) is 0.150. The zero-order chi connectivity index (χ0) is 16.4. The number of hydrogen-bond donors (Lipinski definition) is 2. The van der Waals surface area contributed by atoms with E-state index < -0.39 is 0 Å². The Morgan fingerprint density at radius 1 is 1.17 bits per heavy atom. The van der Waals surface area contributed by atoms with Crippen LogP contribution < -0.4 is 5.73 Å². The van der Waals surface area contributed by atoms with Gasteiger partial charge < -0.3 is 10.7 Å². The number of ketones is 1. The van der Waals surface area contributed by atoms with Crippen LogP contribution in [0.25, 0.3) is 17.0 Å². The smallest absolute Gasteiger partial charge is 0.195 e. The Bertz CT molecular complexity index is 992. The van der Waals surface area contributed by atoms with E-state index in [-0.39, 0.29) is 11.2 Å². The quantitative estimate of drug-likeness (QED) is 0.660. The van der Waals surface area contributed by atoms with Crippen LogP contribution in [0.3, 0.4) is 0 Å². The van der Waals surface area contributed by atoms with Crippen LogP contribution in [0.5, 0.6) is 0 Å². The van der Waals surface area contributed by atoms with Gasteiger partial charge in [0.1, 0.15) is 0 Å². The molecule has 2 aromatic carbocycles. The molecule has 1 aliphatic rings. The van der Waals surface area contributed by atoms with E-state index in [9.17, 15) is 4.79 Å². The van der Waals surface area contributed by atoms with E-state index >= 15 is 0 Å². The molecule has 1 heterocycles. The van der Waals surface area contributed by atoms with Crippen LogP contribution in [0.4, 0.5) is 5.69 Å². The number of rotatable bonds is 1. The summed E-state index contributed by atoms with van der Waals surface area (Å²) in [5.41, 5.74) is 11.7. The second kappa shape index (κ2) is 4.35. The lowest BCUT2D eigenvalue weighted by Crippen LogP contribution is -2.30. The summed E-state index contributed by atoms with van der Waals surface area (Å²) >= 11 is 0. The van der Waals surface area contributed by atoms with Gasteiger partial charge in [0.15, 0.2) is 5.78 Å². The molecule has 0 saturated carbocycles. The minimum Gasteiger partial charge on any atom is -0.399 e. The van der Waals surface area contributed by atoms with Gasteiger partial charge in [-0.15, -0.1) is 0 Å². The minimum absolute atomic E-state index is 0.0703. The molecule has 3 nitrogen and oxygen atoms in total. The number of hydrogen-bond acceptors (Lipinski definition) is 2. The normalized spacial score (nSPS) is 15.3. The van der Waals surface area contributed by atoms with Gasteiger partial charge in [0.05, 0.1) is 5.56 Å². The van der Waals surface area contributed by atoms with Crippen molar-refractivity contribution < 1.29 is 4.79 Å². The number of fused-ring (bicyclic) bond motifs is 4. The number of anilines is 1. The summed E-state index contributed by atoms with van der Waals surface area (Å²) in [6.07, 6.45) is 1.81. The third kappa shape index (κ3) is 1.73. The molecule has 0 saturated heterocycles. The van der Waals surface area contributed by atoms with Crippen molar-refractivity contribution in [2.75, 3.05) is 5.73 Å². The van der Waals surface area contributed by atoms with Crippen LogP contribution >= 0.6 is 0 Å². The molecule has 0 amide bonds. The van der Waals surface area contributed by atoms with Crippen molar-refractivity contribution in [3.8, 4) is 0 Å². The maximum atomic E-state index is 13.1. The number of benzene rings is 2. The number of nitrogen functional groups attached to an aromatic ring is 1. The topological polar surface area (TPSA) is 58.9 Å². The molecule has 0 aliphatic heterocycles. The first kappa shape index (κ1) is 13.8. The number of carbonyl (C=O) groups is 1. The summed E-state index contributed by atoms with van der Waals surface area (Å²) in [4.78, 5) is 16.5. The highest BCUT2D eigenvalue weighted by Gasteiger charge is 2.39. The number of H-pyrrole nitrogens is 1. The van der Waals surface area contributed by atoms with Gasteiger partial charge in [-0.25, -0.2) is 0 Å². The summed E-state index contributed by atoms with van der Waals surface area (Å²) in [6.45, 7) is 8.11. The van der Waals surface area contributed by atoms with Crippen LogP contribution in [0, 0.1) is 0 Å². The number of carbonyl (C=O) groups excluding carboxylic acids is 1. The average Bonchev–Trinajstić information content (AvgIpc) is 2.92. The summed E-state index contributed by atoms with van der Waals surface area (Å²) in [5, 5.41) is 0.936. The largest absolute Gasteiger partial charge is 0.399 e. The molecule has 3 N–H and O–H groups in total. The first-order valence-corrected chi connectivity index (χ1v) is 7.67. The van der Waals surface area contributed by atoms with Gasteiger partial charge in [-0.05, 0) is 23.3 Å². The Morgan fingerprint density at radius 2 is 1.96 bits per heavy atom. The highest BCUT2D eigenvalue weighted by molar-refractivity contribution is 6.20. The van der Waals surface area contributed by atoms with E-state index in [0.717, 1.165) is 38.9 Å². The van der Waals surface area contributed by atoms with E-state index in [1.165, 1.54) is 0 Å². The highest BCUT2D eigenvalue weighted by Crippen LogP contribution is 2.44. The van der Waals surface area contributed by atoms with Crippen molar-refractivity contribution in [2.24, 2.45) is 0 Å². The van der Waals surface area contributed by atoms with Crippen molar-refractivity contribution >= 4 is 28.4 Å². The maximum Gasteiger partial charge on any atom is 0.195 e. The molecule has 23 heavy (non-hydrogen) atoms. The van der Waals surface area contributed by atoms with E-state index in [2.05, 4.69) is 31.5 Å². The third-order valence-corrected chi connectivity index (χ3v) is 4.87. The number of nitrogens with two attached hydrogens (primary N) is 1. The molecule has 0 unspecified atom stereocenters. The first-order chi connectivity index (χ1) is 10.9. The second-order valence-electron chi connectivity index (χ2n) is 6.64. The molecule has 0 spiro atoms. The summed E-state index contributed by atoms with van der Waals surface area (Å²) in [5.74, 6) is 0.0703. The van der Waals surface area contributed by atoms with Gasteiger partial charge in [0.2, 0.25) is 0 Å². The second-order valence-corrected chi connectivity index (χ2v) is 6.64. The van der Waals surface area contributed by atoms with Crippen molar-refractivity contribution in [1.29, 1.82) is 0 Å². The SMILES string of the molecule is C=Cc1ccc2c(c1)C(C)(C)c1[nH]c3cc(N)ccc3c1C2=O. The van der Waals surface area contributed by atoms with Crippen molar-refractivity contribution in [1.82, 2.24) is 4.98 Å². The number of nitrogens with one attached hydrogen (secondary N) is 1. The Balaban J connectivity index is 2.09. The minimum atomic E-state index is -0.286. The lowest BCUT2D eigenvalue weighted by atomic mass is 9.71. The Labute approximate surface area is 134 Å². The maximum absolute atomic E-state index is 13.1. The Kier molecular flexibility index (Phi) is 2.62. The molecule has 114 valence electrons. The van der Waals surface area contributed by atoms with Gasteiger partial charge in [0.25, 0.3) is 0 Å². The Hall–Kier alpha value is -2.81. The van der Waals surface area contributed by atoms with Crippen molar-refractivity contribution in [3.63, 3.8) is 0 Å². The molecule has 4 rings (SSSR count). The molecule has 0 radical (unpaired) electrons. The molecular weight excluding hydrogens is 284 g/mol. The standard InChI is InChI=1S/C20H18N2O/c1-4-11-5-7-13-15(9-11)20(2,3)19-17(18(13)23)14-8-6-12(21)10-16(14)22-19/h4-10,22H,1,21H2,2-3H3. The lowest BCUT2D eigenvalue weighted by molar-refractivity contribution is 0.103. The molecule has 0 atom stereocenters. The van der Waals surface area contributed by atoms with E-state index in [1.54, 1.807) is 0 Å². The average molecular weight is 302 g/mol. The summed E-state index contributed by atoms with van der Waals surface area (Å²) in [6, 6.07) is 11.6. The molecular formula is C20H18N2O. The van der Waals surface area contributed by atoms with Gasteiger partial charge >= 0.3 is 0 Å². The molecule has 0 fully saturated rings. The zero-order valence-corrected chi connectivity index (χ0v) is 13.2. The van der Waals surface area contributed by atoms with Crippen LogP contribution in [-0.4, -0.2) is 10.8 Å². The summed E-state index contributed by atoms with van der Waals surface area (Å²) in [7, 11) is 0. The van der Waals surface area contributed by atoms with Crippen LogP contribution in [0.1, 0.15) is 46.6 Å². The van der Waals surface area contributed by atoms with Crippen LogP contribution in [0.15, 0.2) is 43.0 Å². The third-order valence-electron chi connectivity index (χ3n) is 4.87. The van der Waals surface area contributed by atoms with Gasteiger partial charge in [0, 0.05) is 33.3 Å². The summed E-state index contributed by atoms with van der Waals surface area (Å²) < 4.78 is 0. The number of aromatic nitrogens is 1. The van der Waals surface area contributed by atoms with E-state index in [1.807, 2.05) is 36.4 Å². The molecule has 0 bridgehead atoms. The molecule has 1 aromatic heterocycles. The Morgan fingerprint density at radius 3 is 2.70 bits per heavy atom. The fourth-order valence-electron chi connectivity index (χ4n) is 3.59. The van der Waals surface area contributed by atoms with Crippen molar-refractivity contribution in [2.45, 2.75) is 19.3 Å². The lowest BCUT2D eigenvalue weighted by Gasteiger charge is -2.32. The van der Waals surface area contributed by atoms with Crippen LogP contribution in [0.2, 0.25) is 0 Å². The predicted octanol–water partition coefficient (Wildman–Crippen LogP) is 4.26. The molecule has 3 aromatic rings. The number of aromatic amines is 1. The van der Waals surface area contributed by atoms with Crippen molar-refractivity contribution in [3.05, 3.63) is 70.9 Å². The molecule has 3 heteroatoms. The van der Waals surface area contributed by atoms with E-state index in [0.29, 0.717) is 5.69 Å². The van der Waals surface area contributed by atoms with Crippen LogP contribution in [-0.2, 0) is 5.41 Å². The van der Waals surface area contributed by atoms with E-state index in [4.69, 9.17) is 5.73 Å². The zero-order valence-electron chi connectivity index (χ0n) is 13.2. The van der Waals surface area contributed by atoms with Gasteiger partial charge in [-0.2, -0.15) is 0 Å². The monoisotopic (exact) mass is 302 g/mol. The predicted molar refractivity (Wildman–Crippen MR) is 94.8 cm³/mol. The molecule has 1 aliphatic carbocycles. The first-order valence-electron chi connectivity index (χ1n) is 7.67. The van der Waals surface area contributed by atoms with Gasteiger partial charge in [-0.1, -0.05) is 50.8 Å². The highest BCUT2D eigenvalue weighted by atomic mass is 16.1.